The van der Waals surface area contributed by atoms with Gasteiger partial charge in [-0.25, -0.2) is 4.39 Å². The van der Waals surface area contributed by atoms with Crippen LogP contribution < -0.4 is 0 Å². The van der Waals surface area contributed by atoms with E-state index in [-0.39, 0.29) is 23.3 Å². The largest absolute Gasteiger partial charge is 0.393 e. The van der Waals surface area contributed by atoms with Crippen molar-refractivity contribution in [2.45, 2.75) is 59.5 Å². The summed E-state index contributed by atoms with van der Waals surface area (Å²) in [4.78, 5) is 0. The summed E-state index contributed by atoms with van der Waals surface area (Å²) in [6, 6.07) is 4.97. The van der Waals surface area contributed by atoms with E-state index in [4.69, 9.17) is 0 Å². The third kappa shape index (κ3) is 3.60. The van der Waals surface area contributed by atoms with E-state index < -0.39 is 0 Å². The molecule has 0 aromatic heterocycles. The van der Waals surface area contributed by atoms with Crippen LogP contribution in [0.15, 0.2) is 18.2 Å². The van der Waals surface area contributed by atoms with E-state index in [1.54, 1.807) is 6.07 Å². The van der Waals surface area contributed by atoms with Crippen molar-refractivity contribution in [2.75, 3.05) is 0 Å². The van der Waals surface area contributed by atoms with Crippen LogP contribution in [-0.2, 0) is 6.42 Å². The van der Waals surface area contributed by atoms with Gasteiger partial charge in [-0.05, 0) is 73.1 Å². The Bertz CT molecular complexity index is 461. The first-order valence-electron chi connectivity index (χ1n) is 7.70. The standard InChI is InChI=1S/C18H27FO/c1-12-5-7-16(19)11-13(12)9-14-10-15(18(2,3)4)6-8-17(14)20/h5,7,11,14-15,17,20H,6,8-10H2,1-4H3. The summed E-state index contributed by atoms with van der Waals surface area (Å²) >= 11 is 0. The van der Waals surface area contributed by atoms with Crippen molar-refractivity contribution in [3.63, 3.8) is 0 Å². The molecule has 2 heteroatoms. The second-order valence-corrected chi connectivity index (χ2v) is 7.48. The molecule has 1 aliphatic rings. The quantitative estimate of drug-likeness (QED) is 0.844. The molecule has 3 unspecified atom stereocenters. The van der Waals surface area contributed by atoms with Crippen molar-refractivity contribution >= 4 is 0 Å². The fourth-order valence-electron chi connectivity index (χ4n) is 3.40. The second kappa shape index (κ2) is 5.85. The van der Waals surface area contributed by atoms with Gasteiger partial charge < -0.3 is 5.11 Å². The zero-order chi connectivity index (χ0) is 14.9. The number of benzene rings is 1. The molecule has 1 fully saturated rings. The third-order valence-corrected chi connectivity index (χ3v) is 4.96. The molecule has 0 saturated heterocycles. The number of aryl methyl sites for hydroxylation is 1. The summed E-state index contributed by atoms with van der Waals surface area (Å²) in [5.41, 5.74) is 2.45. The summed E-state index contributed by atoms with van der Waals surface area (Å²) in [5, 5.41) is 10.3. The van der Waals surface area contributed by atoms with Crippen LogP contribution in [0.1, 0.15) is 51.2 Å². The van der Waals surface area contributed by atoms with Gasteiger partial charge in [0.1, 0.15) is 5.82 Å². The van der Waals surface area contributed by atoms with Crippen molar-refractivity contribution < 1.29 is 9.50 Å². The monoisotopic (exact) mass is 278 g/mol. The molecule has 0 heterocycles. The van der Waals surface area contributed by atoms with E-state index in [1.165, 1.54) is 6.07 Å². The van der Waals surface area contributed by atoms with Crippen molar-refractivity contribution in [1.82, 2.24) is 0 Å². The lowest BCUT2D eigenvalue weighted by Crippen LogP contribution is -2.35. The first kappa shape index (κ1) is 15.5. The molecule has 1 nitrogen and oxygen atoms in total. The fourth-order valence-corrected chi connectivity index (χ4v) is 3.40. The van der Waals surface area contributed by atoms with Gasteiger partial charge in [0.05, 0.1) is 6.10 Å². The molecule has 0 bridgehead atoms. The molecule has 0 spiro atoms. The van der Waals surface area contributed by atoms with Crippen LogP contribution in [0.3, 0.4) is 0 Å². The highest BCUT2D eigenvalue weighted by Gasteiger charge is 2.35. The van der Waals surface area contributed by atoms with Gasteiger partial charge in [-0.1, -0.05) is 26.8 Å². The molecular formula is C18H27FO. The maximum Gasteiger partial charge on any atom is 0.123 e. The van der Waals surface area contributed by atoms with Gasteiger partial charge in [0, 0.05) is 0 Å². The van der Waals surface area contributed by atoms with Gasteiger partial charge in [-0.3, -0.25) is 0 Å². The molecule has 112 valence electrons. The second-order valence-electron chi connectivity index (χ2n) is 7.48. The SMILES string of the molecule is Cc1ccc(F)cc1CC1CC(C(C)(C)C)CCC1O. The highest BCUT2D eigenvalue weighted by Crippen LogP contribution is 2.41. The fraction of sp³-hybridized carbons (Fsp3) is 0.667. The minimum absolute atomic E-state index is 0.178. The highest BCUT2D eigenvalue weighted by molar-refractivity contribution is 5.27. The minimum atomic E-state index is -0.240. The molecule has 0 aliphatic heterocycles. The predicted octanol–water partition coefficient (Wildman–Crippen LogP) is 4.50. The van der Waals surface area contributed by atoms with Gasteiger partial charge in [0.15, 0.2) is 0 Å². The van der Waals surface area contributed by atoms with Gasteiger partial charge in [-0.2, -0.15) is 0 Å². The van der Waals surface area contributed by atoms with Crippen LogP contribution in [-0.4, -0.2) is 11.2 Å². The molecule has 1 N–H and O–H groups in total. The Morgan fingerprint density at radius 3 is 2.60 bits per heavy atom. The number of aliphatic hydroxyl groups excluding tert-OH is 1. The summed E-state index contributed by atoms with van der Waals surface area (Å²) < 4.78 is 13.4. The Hall–Kier alpha value is -0.890. The van der Waals surface area contributed by atoms with Crippen LogP contribution in [0, 0.1) is 30.0 Å². The van der Waals surface area contributed by atoms with Gasteiger partial charge >= 0.3 is 0 Å². The maximum absolute atomic E-state index is 13.4. The van der Waals surface area contributed by atoms with E-state index in [9.17, 15) is 9.50 Å². The lowest BCUT2D eigenvalue weighted by atomic mass is 9.67. The normalized spacial score (nSPS) is 27.6. The number of rotatable bonds is 2. The van der Waals surface area contributed by atoms with E-state index in [2.05, 4.69) is 20.8 Å². The van der Waals surface area contributed by atoms with Crippen LogP contribution in [0.25, 0.3) is 0 Å². The number of hydrogen-bond acceptors (Lipinski definition) is 1. The Labute approximate surface area is 122 Å². The van der Waals surface area contributed by atoms with Crippen molar-refractivity contribution in [2.24, 2.45) is 17.3 Å². The maximum atomic E-state index is 13.4. The number of halogens is 1. The van der Waals surface area contributed by atoms with Gasteiger partial charge in [0.25, 0.3) is 0 Å². The first-order chi connectivity index (χ1) is 9.27. The lowest BCUT2D eigenvalue weighted by molar-refractivity contribution is 0.0195. The number of aliphatic hydroxyl groups is 1. The Morgan fingerprint density at radius 2 is 1.95 bits per heavy atom. The smallest absolute Gasteiger partial charge is 0.123 e. The van der Waals surface area contributed by atoms with Crippen LogP contribution in [0.4, 0.5) is 4.39 Å². The van der Waals surface area contributed by atoms with Crippen molar-refractivity contribution in [3.05, 3.63) is 35.1 Å². The van der Waals surface area contributed by atoms with Gasteiger partial charge in [-0.15, -0.1) is 0 Å². The minimum Gasteiger partial charge on any atom is -0.393 e. The van der Waals surface area contributed by atoms with Crippen LogP contribution in [0.2, 0.25) is 0 Å². The molecule has 0 radical (unpaired) electrons. The zero-order valence-corrected chi connectivity index (χ0v) is 13.1. The van der Waals surface area contributed by atoms with Crippen LogP contribution in [0.5, 0.6) is 0 Å². The van der Waals surface area contributed by atoms with E-state index >= 15 is 0 Å². The average molecular weight is 278 g/mol. The first-order valence-corrected chi connectivity index (χ1v) is 7.70. The van der Waals surface area contributed by atoms with Crippen molar-refractivity contribution in [1.29, 1.82) is 0 Å². The van der Waals surface area contributed by atoms with Crippen LogP contribution >= 0.6 is 0 Å². The molecule has 0 amide bonds. The summed E-state index contributed by atoms with van der Waals surface area (Å²) in [6.45, 7) is 8.85. The zero-order valence-electron chi connectivity index (χ0n) is 13.1. The Kier molecular flexibility index (Phi) is 4.53. The lowest BCUT2D eigenvalue weighted by Gasteiger charge is -2.40. The van der Waals surface area contributed by atoms with Crippen molar-refractivity contribution in [3.8, 4) is 0 Å². The summed E-state index contributed by atoms with van der Waals surface area (Å²) in [5.74, 6) is 0.724. The summed E-state index contributed by atoms with van der Waals surface area (Å²) in [7, 11) is 0. The number of hydrogen-bond donors (Lipinski definition) is 1. The molecule has 20 heavy (non-hydrogen) atoms. The van der Waals surface area contributed by atoms with E-state index in [0.29, 0.717) is 5.92 Å². The predicted molar refractivity (Wildman–Crippen MR) is 81.1 cm³/mol. The molecular weight excluding hydrogens is 251 g/mol. The molecule has 1 aliphatic carbocycles. The topological polar surface area (TPSA) is 20.2 Å². The Balaban J connectivity index is 2.12. The van der Waals surface area contributed by atoms with Gasteiger partial charge in [0.2, 0.25) is 0 Å². The molecule has 1 saturated carbocycles. The highest BCUT2D eigenvalue weighted by atomic mass is 19.1. The molecule has 3 atom stereocenters. The molecule has 1 aromatic carbocycles. The summed E-state index contributed by atoms with van der Waals surface area (Å²) in [6.07, 6.45) is 3.57. The third-order valence-electron chi connectivity index (χ3n) is 4.96. The molecule has 2 rings (SSSR count). The van der Waals surface area contributed by atoms with E-state index in [1.807, 2.05) is 13.0 Å². The molecule has 1 aromatic rings. The Morgan fingerprint density at radius 1 is 1.25 bits per heavy atom. The van der Waals surface area contributed by atoms with E-state index in [0.717, 1.165) is 36.8 Å². The average Bonchev–Trinajstić information content (AvgIpc) is 2.35.